The second kappa shape index (κ2) is 6.41. The van der Waals surface area contributed by atoms with E-state index in [0.717, 1.165) is 6.42 Å². The number of aliphatic hydroxyl groups is 1. The predicted molar refractivity (Wildman–Crippen MR) is 73.9 cm³/mol. The third-order valence-electron chi connectivity index (χ3n) is 3.30. The van der Waals surface area contributed by atoms with Crippen LogP contribution in [0, 0.1) is 5.92 Å². The summed E-state index contributed by atoms with van der Waals surface area (Å²) >= 11 is 0. The standard InChI is InChI=1S/C16H22O/c1-4-11-16(17,12-5-2)14(3)13-15-9-7-6-8-10-15/h4-10,14,17H,1-2,11-13H2,3H3/t14-/m1/s1. The maximum Gasteiger partial charge on any atom is 0.0744 e. The van der Waals surface area contributed by atoms with Crippen LogP contribution in [0.3, 0.4) is 0 Å². The second-order valence-corrected chi connectivity index (χ2v) is 4.68. The molecule has 0 spiro atoms. The summed E-state index contributed by atoms with van der Waals surface area (Å²) in [5.74, 6) is 0.181. The summed E-state index contributed by atoms with van der Waals surface area (Å²) in [6, 6.07) is 10.3. The number of benzene rings is 1. The minimum atomic E-state index is -0.723. The number of hydrogen-bond donors (Lipinski definition) is 1. The van der Waals surface area contributed by atoms with Crippen LogP contribution in [-0.4, -0.2) is 10.7 Å². The maximum atomic E-state index is 10.6. The second-order valence-electron chi connectivity index (χ2n) is 4.68. The zero-order valence-corrected chi connectivity index (χ0v) is 10.6. The van der Waals surface area contributed by atoms with E-state index in [1.54, 1.807) is 12.2 Å². The highest BCUT2D eigenvalue weighted by atomic mass is 16.3. The highest BCUT2D eigenvalue weighted by Crippen LogP contribution is 2.29. The molecule has 0 aliphatic carbocycles. The van der Waals surface area contributed by atoms with Crippen molar-refractivity contribution in [2.75, 3.05) is 0 Å². The quantitative estimate of drug-likeness (QED) is 0.707. The summed E-state index contributed by atoms with van der Waals surface area (Å²) in [5, 5.41) is 10.6. The van der Waals surface area contributed by atoms with Gasteiger partial charge in [-0.25, -0.2) is 0 Å². The van der Waals surface area contributed by atoms with Crippen molar-refractivity contribution in [3.05, 3.63) is 61.2 Å². The van der Waals surface area contributed by atoms with Crippen LogP contribution in [0.1, 0.15) is 25.3 Å². The number of hydrogen-bond acceptors (Lipinski definition) is 1. The first kappa shape index (κ1) is 13.7. The van der Waals surface area contributed by atoms with Crippen LogP contribution >= 0.6 is 0 Å². The first-order chi connectivity index (χ1) is 8.12. The first-order valence-corrected chi connectivity index (χ1v) is 6.10. The van der Waals surface area contributed by atoms with Crippen LogP contribution in [-0.2, 0) is 6.42 Å². The van der Waals surface area contributed by atoms with Crippen LogP contribution in [0.4, 0.5) is 0 Å². The molecular weight excluding hydrogens is 208 g/mol. The van der Waals surface area contributed by atoms with E-state index in [1.165, 1.54) is 5.56 Å². The molecule has 0 amide bonds. The smallest absolute Gasteiger partial charge is 0.0744 e. The summed E-state index contributed by atoms with van der Waals surface area (Å²) in [7, 11) is 0. The lowest BCUT2D eigenvalue weighted by atomic mass is 9.79. The fourth-order valence-electron chi connectivity index (χ4n) is 2.14. The molecule has 0 heterocycles. The van der Waals surface area contributed by atoms with Gasteiger partial charge in [0.15, 0.2) is 0 Å². The van der Waals surface area contributed by atoms with Gasteiger partial charge in [0.2, 0.25) is 0 Å². The Balaban J connectivity index is 2.74. The maximum absolute atomic E-state index is 10.6. The van der Waals surface area contributed by atoms with Crippen LogP contribution in [0.2, 0.25) is 0 Å². The van der Waals surface area contributed by atoms with Gasteiger partial charge in [0, 0.05) is 0 Å². The molecule has 1 nitrogen and oxygen atoms in total. The molecule has 92 valence electrons. The number of rotatable bonds is 7. The molecule has 1 atom stereocenters. The van der Waals surface area contributed by atoms with E-state index in [2.05, 4.69) is 32.2 Å². The van der Waals surface area contributed by atoms with Gasteiger partial charge < -0.3 is 5.11 Å². The largest absolute Gasteiger partial charge is 0.389 e. The van der Waals surface area contributed by atoms with Crippen molar-refractivity contribution >= 4 is 0 Å². The van der Waals surface area contributed by atoms with Crippen LogP contribution in [0.15, 0.2) is 55.6 Å². The first-order valence-electron chi connectivity index (χ1n) is 6.10. The Morgan fingerprint density at radius 2 is 1.71 bits per heavy atom. The van der Waals surface area contributed by atoms with Gasteiger partial charge in [-0.1, -0.05) is 49.4 Å². The lowest BCUT2D eigenvalue weighted by molar-refractivity contribution is -0.00625. The third-order valence-corrected chi connectivity index (χ3v) is 3.30. The van der Waals surface area contributed by atoms with Crippen molar-refractivity contribution in [2.24, 2.45) is 5.92 Å². The molecule has 0 saturated heterocycles. The van der Waals surface area contributed by atoms with Gasteiger partial charge in [-0.3, -0.25) is 0 Å². The minimum absolute atomic E-state index is 0.181. The third kappa shape index (κ3) is 3.86. The SMILES string of the molecule is C=CCC(O)(CC=C)[C@H](C)Cc1ccccc1. The zero-order valence-electron chi connectivity index (χ0n) is 10.6. The van der Waals surface area contributed by atoms with Crippen LogP contribution in [0.25, 0.3) is 0 Å². The van der Waals surface area contributed by atoms with E-state index in [9.17, 15) is 5.11 Å². The lowest BCUT2D eigenvalue weighted by Crippen LogP contribution is -2.36. The Labute approximate surface area is 104 Å². The van der Waals surface area contributed by atoms with E-state index >= 15 is 0 Å². The van der Waals surface area contributed by atoms with Crippen molar-refractivity contribution < 1.29 is 5.11 Å². The van der Waals surface area contributed by atoms with Crippen LogP contribution in [0.5, 0.6) is 0 Å². The van der Waals surface area contributed by atoms with Crippen molar-refractivity contribution in [2.45, 2.75) is 31.8 Å². The Morgan fingerprint density at radius 1 is 1.18 bits per heavy atom. The van der Waals surface area contributed by atoms with Gasteiger partial charge in [0.1, 0.15) is 0 Å². The van der Waals surface area contributed by atoms with Crippen molar-refractivity contribution in [3.63, 3.8) is 0 Å². The molecule has 17 heavy (non-hydrogen) atoms. The topological polar surface area (TPSA) is 20.2 Å². The van der Waals surface area contributed by atoms with Gasteiger partial charge in [-0.05, 0) is 30.7 Å². The van der Waals surface area contributed by atoms with Crippen LogP contribution < -0.4 is 0 Å². The summed E-state index contributed by atoms with van der Waals surface area (Å²) in [4.78, 5) is 0. The molecule has 1 rings (SSSR count). The zero-order chi connectivity index (χ0) is 12.7. The minimum Gasteiger partial charge on any atom is -0.389 e. The van der Waals surface area contributed by atoms with E-state index in [0.29, 0.717) is 12.8 Å². The Morgan fingerprint density at radius 3 is 2.18 bits per heavy atom. The molecule has 0 fully saturated rings. The molecule has 0 aliphatic rings. The molecule has 1 heteroatoms. The molecule has 1 aromatic rings. The Bertz CT molecular complexity index is 343. The van der Waals surface area contributed by atoms with Crippen molar-refractivity contribution in [1.82, 2.24) is 0 Å². The van der Waals surface area contributed by atoms with Gasteiger partial charge in [-0.2, -0.15) is 0 Å². The molecule has 0 aromatic heterocycles. The molecule has 1 aromatic carbocycles. The fourth-order valence-corrected chi connectivity index (χ4v) is 2.14. The predicted octanol–water partition coefficient (Wildman–Crippen LogP) is 3.75. The van der Waals surface area contributed by atoms with E-state index in [1.807, 2.05) is 18.2 Å². The van der Waals surface area contributed by atoms with Crippen molar-refractivity contribution in [3.8, 4) is 0 Å². The molecule has 0 bridgehead atoms. The molecule has 0 unspecified atom stereocenters. The van der Waals surface area contributed by atoms with E-state index in [-0.39, 0.29) is 5.92 Å². The van der Waals surface area contributed by atoms with Gasteiger partial charge in [0.25, 0.3) is 0 Å². The average Bonchev–Trinajstić information content (AvgIpc) is 2.31. The molecule has 0 saturated carbocycles. The fraction of sp³-hybridized carbons (Fsp3) is 0.375. The Hall–Kier alpha value is -1.34. The van der Waals surface area contributed by atoms with Gasteiger partial charge in [0.05, 0.1) is 5.60 Å². The summed E-state index contributed by atoms with van der Waals surface area (Å²) < 4.78 is 0. The van der Waals surface area contributed by atoms with E-state index in [4.69, 9.17) is 0 Å². The summed E-state index contributed by atoms with van der Waals surface area (Å²) in [6.45, 7) is 9.53. The monoisotopic (exact) mass is 230 g/mol. The summed E-state index contributed by atoms with van der Waals surface area (Å²) in [5.41, 5.74) is 0.533. The van der Waals surface area contributed by atoms with Gasteiger partial charge >= 0.3 is 0 Å². The highest BCUT2D eigenvalue weighted by molar-refractivity contribution is 5.16. The summed E-state index contributed by atoms with van der Waals surface area (Å²) in [6.07, 6.45) is 5.65. The Kier molecular flexibility index (Phi) is 5.17. The van der Waals surface area contributed by atoms with Crippen molar-refractivity contribution in [1.29, 1.82) is 0 Å². The van der Waals surface area contributed by atoms with Gasteiger partial charge in [-0.15, -0.1) is 13.2 Å². The normalized spacial score (nSPS) is 13.1. The molecule has 1 N–H and O–H groups in total. The average molecular weight is 230 g/mol. The lowest BCUT2D eigenvalue weighted by Gasteiger charge is -2.32. The molecular formula is C16H22O. The van der Waals surface area contributed by atoms with E-state index < -0.39 is 5.60 Å². The molecule has 0 aliphatic heterocycles. The molecule has 0 radical (unpaired) electrons. The highest BCUT2D eigenvalue weighted by Gasteiger charge is 2.30.